The van der Waals surface area contributed by atoms with Gasteiger partial charge in [0.25, 0.3) is 0 Å². The van der Waals surface area contributed by atoms with E-state index in [9.17, 15) is 14.7 Å². The number of nitrogens with one attached hydrogen (secondary N) is 2. The van der Waals surface area contributed by atoms with E-state index in [-0.39, 0.29) is 35.8 Å². The molecule has 1 aliphatic heterocycles. The summed E-state index contributed by atoms with van der Waals surface area (Å²) in [5, 5.41) is 15.9. The van der Waals surface area contributed by atoms with Gasteiger partial charge in [0.05, 0.1) is 43.1 Å². The maximum Gasteiger partial charge on any atom is 0.224 e. The normalized spacial score (nSPS) is 17.1. The van der Waals surface area contributed by atoms with E-state index in [1.54, 1.807) is 23.0 Å². The van der Waals surface area contributed by atoms with Crippen LogP contribution in [-0.2, 0) is 38.8 Å². The van der Waals surface area contributed by atoms with Crippen LogP contribution in [0.15, 0.2) is 103 Å². The molecule has 1 fully saturated rings. The third-order valence-electron chi connectivity index (χ3n) is 8.97. The van der Waals surface area contributed by atoms with E-state index in [0.29, 0.717) is 61.7 Å². The summed E-state index contributed by atoms with van der Waals surface area (Å²) in [5.41, 5.74) is 12.7. The van der Waals surface area contributed by atoms with Gasteiger partial charge in [0, 0.05) is 31.4 Å². The van der Waals surface area contributed by atoms with Crippen molar-refractivity contribution in [2.24, 2.45) is 0 Å². The highest BCUT2D eigenvalue weighted by Gasteiger charge is 2.33. The fourth-order valence-corrected chi connectivity index (χ4v) is 6.41. The van der Waals surface area contributed by atoms with Crippen LogP contribution < -0.4 is 16.4 Å². The van der Waals surface area contributed by atoms with Crippen molar-refractivity contribution in [1.82, 2.24) is 14.9 Å². The Bertz CT molecular complexity index is 1970. The molecular formula is C40H41Cl2N5O5. The van der Waals surface area contributed by atoms with Crippen molar-refractivity contribution >= 4 is 46.4 Å². The standard InChI is InChI=1S/C40H41Cl2N5O5/c41-38-39(42)47(25-45-38)23-32-21-35(29-14-12-26(24-48)13-15-29)52-40(51-32)30-18-16-28(17-19-30)31-7-5-6-27(20-31)22-44-36(49)10-3-4-11-37(50)46-34-9-2-1-8-33(34)43/h1-2,5-9,12-20,25,32,35,40,48H,3-4,10-11,21-24,43H2,(H,44,49)(H,46,50)/t32-,35+,40+/m1/s1. The number of aliphatic hydroxyl groups excluding tert-OH is 1. The molecule has 4 aromatic carbocycles. The van der Waals surface area contributed by atoms with Crippen molar-refractivity contribution < 1.29 is 24.2 Å². The van der Waals surface area contributed by atoms with Crippen molar-refractivity contribution in [3.63, 3.8) is 0 Å². The predicted octanol–water partition coefficient (Wildman–Crippen LogP) is 7.99. The lowest BCUT2D eigenvalue weighted by molar-refractivity contribution is -0.252. The van der Waals surface area contributed by atoms with Gasteiger partial charge in [-0.1, -0.05) is 102 Å². The molecular weight excluding hydrogens is 701 g/mol. The molecule has 2 heterocycles. The number of carbonyl (C=O) groups excluding carboxylic acids is 2. The molecule has 3 atom stereocenters. The number of benzene rings is 4. The van der Waals surface area contributed by atoms with Crippen molar-refractivity contribution in [3.05, 3.63) is 136 Å². The number of halogens is 2. The van der Waals surface area contributed by atoms with Gasteiger partial charge in [-0.2, -0.15) is 0 Å². The van der Waals surface area contributed by atoms with Gasteiger partial charge in [0.15, 0.2) is 11.4 Å². The maximum atomic E-state index is 12.5. The molecule has 2 amide bonds. The number of amides is 2. The van der Waals surface area contributed by atoms with Crippen molar-refractivity contribution in [2.45, 2.75) is 70.3 Å². The fraction of sp³-hybridized carbons (Fsp3) is 0.275. The fourth-order valence-electron chi connectivity index (χ4n) is 6.10. The summed E-state index contributed by atoms with van der Waals surface area (Å²) >= 11 is 12.5. The predicted molar refractivity (Wildman–Crippen MR) is 202 cm³/mol. The van der Waals surface area contributed by atoms with E-state index >= 15 is 0 Å². The molecule has 5 aromatic rings. The number of para-hydroxylation sites is 2. The van der Waals surface area contributed by atoms with Gasteiger partial charge < -0.3 is 35.5 Å². The van der Waals surface area contributed by atoms with E-state index in [0.717, 1.165) is 33.4 Å². The second-order valence-electron chi connectivity index (χ2n) is 12.8. The van der Waals surface area contributed by atoms with Crippen LogP contribution in [0.1, 0.15) is 66.8 Å². The van der Waals surface area contributed by atoms with Crippen LogP contribution in [0, 0.1) is 0 Å². The summed E-state index contributed by atoms with van der Waals surface area (Å²) in [6.45, 7) is 0.822. The number of ether oxygens (including phenoxy) is 2. The number of nitrogen functional groups attached to an aromatic ring is 1. The van der Waals surface area contributed by atoms with Gasteiger partial charge in [0.1, 0.15) is 5.15 Å². The number of nitrogens with zero attached hydrogens (tertiary/aromatic N) is 2. The molecule has 0 aliphatic carbocycles. The topological polar surface area (TPSA) is 141 Å². The van der Waals surface area contributed by atoms with Crippen LogP contribution in [-0.4, -0.2) is 32.6 Å². The summed E-state index contributed by atoms with van der Waals surface area (Å²) in [4.78, 5) is 28.9. The Morgan fingerprint density at radius 2 is 1.58 bits per heavy atom. The molecule has 5 N–H and O–H groups in total. The summed E-state index contributed by atoms with van der Waals surface area (Å²) in [5.74, 6) is -0.184. The van der Waals surface area contributed by atoms with Gasteiger partial charge in [-0.25, -0.2) is 4.98 Å². The Balaban J connectivity index is 1.03. The Labute approximate surface area is 312 Å². The Morgan fingerprint density at radius 1 is 0.846 bits per heavy atom. The minimum Gasteiger partial charge on any atom is -0.397 e. The Kier molecular flexibility index (Phi) is 12.6. The molecule has 12 heteroatoms. The molecule has 270 valence electrons. The first-order valence-corrected chi connectivity index (χ1v) is 18.0. The molecule has 0 spiro atoms. The van der Waals surface area contributed by atoms with Crippen LogP contribution in [0.5, 0.6) is 0 Å². The first-order valence-electron chi connectivity index (χ1n) is 17.2. The molecule has 0 bridgehead atoms. The number of carbonyl (C=O) groups is 2. The van der Waals surface area contributed by atoms with Crippen LogP contribution in [0.2, 0.25) is 10.3 Å². The number of nitrogens with two attached hydrogens (primary N) is 1. The lowest BCUT2D eigenvalue weighted by Gasteiger charge is -2.36. The monoisotopic (exact) mass is 741 g/mol. The summed E-state index contributed by atoms with van der Waals surface area (Å²) < 4.78 is 14.7. The van der Waals surface area contributed by atoms with E-state index in [1.165, 1.54) is 0 Å². The summed E-state index contributed by atoms with van der Waals surface area (Å²) in [6.07, 6.45) is 2.93. The van der Waals surface area contributed by atoms with E-state index < -0.39 is 6.29 Å². The zero-order valence-electron chi connectivity index (χ0n) is 28.5. The number of rotatable bonds is 14. The summed E-state index contributed by atoms with van der Waals surface area (Å²) in [7, 11) is 0. The van der Waals surface area contributed by atoms with E-state index in [1.807, 2.05) is 78.9 Å². The molecule has 0 unspecified atom stereocenters. The zero-order chi connectivity index (χ0) is 36.5. The number of anilines is 2. The number of hydrogen-bond donors (Lipinski definition) is 4. The van der Waals surface area contributed by atoms with Crippen LogP contribution in [0.4, 0.5) is 11.4 Å². The molecule has 6 rings (SSSR count). The molecule has 10 nitrogen and oxygen atoms in total. The molecule has 52 heavy (non-hydrogen) atoms. The van der Waals surface area contributed by atoms with Crippen molar-refractivity contribution in [1.29, 1.82) is 0 Å². The SMILES string of the molecule is Nc1ccccc1NC(=O)CCCCC(=O)NCc1cccc(-c2ccc([C@H]3O[C@@H](Cn4cnc(Cl)c4Cl)C[C@@H](c4ccc(CO)cc4)O3)cc2)c1. The van der Waals surface area contributed by atoms with Crippen LogP contribution >= 0.6 is 23.2 Å². The van der Waals surface area contributed by atoms with Crippen LogP contribution in [0.3, 0.4) is 0 Å². The quantitative estimate of drug-likeness (QED) is 0.0668. The third kappa shape index (κ3) is 9.78. The molecule has 0 radical (unpaired) electrons. The smallest absolute Gasteiger partial charge is 0.224 e. The maximum absolute atomic E-state index is 12.5. The first-order chi connectivity index (χ1) is 25.2. The minimum atomic E-state index is -0.633. The highest BCUT2D eigenvalue weighted by Crippen LogP contribution is 2.39. The average Bonchev–Trinajstić information content (AvgIpc) is 3.49. The average molecular weight is 743 g/mol. The number of unbranched alkanes of at least 4 members (excludes halogenated alkanes) is 1. The molecule has 1 saturated heterocycles. The van der Waals surface area contributed by atoms with E-state index in [2.05, 4.69) is 21.7 Å². The second-order valence-corrected chi connectivity index (χ2v) is 13.5. The highest BCUT2D eigenvalue weighted by molar-refractivity contribution is 6.40. The Morgan fingerprint density at radius 3 is 2.29 bits per heavy atom. The van der Waals surface area contributed by atoms with Crippen molar-refractivity contribution in [2.75, 3.05) is 11.1 Å². The number of aromatic nitrogens is 2. The lowest BCUT2D eigenvalue weighted by Crippen LogP contribution is -2.32. The van der Waals surface area contributed by atoms with Gasteiger partial charge >= 0.3 is 0 Å². The number of hydrogen-bond acceptors (Lipinski definition) is 7. The van der Waals surface area contributed by atoms with E-state index in [4.69, 9.17) is 38.4 Å². The van der Waals surface area contributed by atoms with Gasteiger partial charge in [-0.15, -0.1) is 0 Å². The Hall–Kier alpha value is -4.71. The van der Waals surface area contributed by atoms with Gasteiger partial charge in [0.2, 0.25) is 11.8 Å². The van der Waals surface area contributed by atoms with Gasteiger partial charge in [-0.05, 0) is 58.9 Å². The summed E-state index contributed by atoms with van der Waals surface area (Å²) in [6, 6.07) is 31.0. The highest BCUT2D eigenvalue weighted by atomic mass is 35.5. The molecule has 1 aliphatic rings. The lowest BCUT2D eigenvalue weighted by atomic mass is 9.99. The number of imidazole rings is 1. The zero-order valence-corrected chi connectivity index (χ0v) is 30.0. The van der Waals surface area contributed by atoms with Crippen molar-refractivity contribution in [3.8, 4) is 11.1 Å². The minimum absolute atomic E-state index is 0.0283. The first kappa shape index (κ1) is 37.1. The molecule has 0 saturated carbocycles. The largest absolute Gasteiger partial charge is 0.397 e. The third-order valence-corrected chi connectivity index (χ3v) is 9.74. The number of aliphatic hydroxyl groups is 1. The molecule has 1 aromatic heterocycles. The van der Waals surface area contributed by atoms with Crippen LogP contribution in [0.25, 0.3) is 11.1 Å². The van der Waals surface area contributed by atoms with Gasteiger partial charge in [-0.3, -0.25) is 9.59 Å². The second kappa shape index (κ2) is 17.7.